The summed E-state index contributed by atoms with van der Waals surface area (Å²) >= 11 is 1.65. The van der Waals surface area contributed by atoms with Gasteiger partial charge in [-0.25, -0.2) is 4.98 Å². The lowest BCUT2D eigenvalue weighted by Crippen LogP contribution is -2.51. The predicted octanol–water partition coefficient (Wildman–Crippen LogP) is 1.74. The van der Waals surface area contributed by atoms with Gasteiger partial charge >= 0.3 is 0 Å². The number of fused-ring (bicyclic) bond motifs is 3. The molecule has 2 aliphatic rings. The molecule has 0 bridgehead atoms. The molecule has 1 saturated heterocycles. The fourth-order valence-corrected chi connectivity index (χ4v) is 5.96. The number of aryl methyl sites for hydroxylation is 3. The maximum Gasteiger partial charge on any atom is 0.262 e. The van der Waals surface area contributed by atoms with Crippen molar-refractivity contribution in [1.82, 2.24) is 24.3 Å². The number of carbonyl (C=O) groups excluding carboxylic acids is 2. The molecule has 0 saturated carbocycles. The van der Waals surface area contributed by atoms with Crippen molar-refractivity contribution >= 4 is 33.4 Å². The Labute approximate surface area is 192 Å². The van der Waals surface area contributed by atoms with Crippen molar-refractivity contribution < 1.29 is 9.59 Å². The molecule has 2 aromatic rings. The molecule has 0 radical (unpaired) electrons. The Morgan fingerprint density at radius 2 is 1.81 bits per heavy atom. The fraction of sp³-hybridized carbons (Fsp3) is 0.652. The SMILES string of the molecule is CCN(CC)C(=O)CN1CCN(C(=O)CCn2cnc3sc4c(c3c2=O)CCCC4)CC1. The molecule has 174 valence electrons. The summed E-state index contributed by atoms with van der Waals surface area (Å²) < 4.78 is 1.60. The molecule has 1 aliphatic heterocycles. The summed E-state index contributed by atoms with van der Waals surface area (Å²) in [6.45, 7) is 8.84. The Morgan fingerprint density at radius 1 is 1.09 bits per heavy atom. The van der Waals surface area contributed by atoms with Gasteiger partial charge in [-0.2, -0.15) is 0 Å². The minimum absolute atomic E-state index is 0.0121. The fourth-order valence-electron chi connectivity index (χ4n) is 4.74. The lowest BCUT2D eigenvalue weighted by molar-refractivity contribution is -0.135. The normalized spacial score (nSPS) is 16.9. The van der Waals surface area contributed by atoms with Crippen molar-refractivity contribution in [1.29, 1.82) is 0 Å². The van der Waals surface area contributed by atoms with Gasteiger partial charge in [-0.05, 0) is 45.1 Å². The van der Waals surface area contributed by atoms with Crippen LogP contribution in [0.15, 0.2) is 11.1 Å². The van der Waals surface area contributed by atoms with Crippen molar-refractivity contribution in [3.05, 3.63) is 27.1 Å². The van der Waals surface area contributed by atoms with Crippen molar-refractivity contribution in [3.63, 3.8) is 0 Å². The first-order valence-electron chi connectivity index (χ1n) is 11.8. The minimum atomic E-state index is -0.0121. The maximum absolute atomic E-state index is 13.1. The van der Waals surface area contributed by atoms with Crippen molar-refractivity contribution in [3.8, 4) is 0 Å². The Hall–Kier alpha value is -2.26. The van der Waals surface area contributed by atoms with Gasteiger partial charge in [0.05, 0.1) is 18.3 Å². The largest absolute Gasteiger partial charge is 0.342 e. The van der Waals surface area contributed by atoms with Crippen molar-refractivity contribution in [2.75, 3.05) is 45.8 Å². The zero-order valence-electron chi connectivity index (χ0n) is 19.1. The third-order valence-electron chi connectivity index (χ3n) is 6.71. The second-order valence-electron chi connectivity index (χ2n) is 8.61. The van der Waals surface area contributed by atoms with Crippen LogP contribution in [0.5, 0.6) is 0 Å². The van der Waals surface area contributed by atoms with E-state index in [9.17, 15) is 14.4 Å². The molecular weight excluding hydrogens is 426 g/mol. The summed E-state index contributed by atoms with van der Waals surface area (Å²) in [5.41, 5.74) is 1.17. The number of thiophene rings is 1. The Morgan fingerprint density at radius 3 is 2.53 bits per heavy atom. The summed E-state index contributed by atoms with van der Waals surface area (Å²) in [6.07, 6.45) is 6.18. The van der Waals surface area contributed by atoms with E-state index in [1.165, 1.54) is 16.9 Å². The van der Waals surface area contributed by atoms with Crippen LogP contribution in [0.2, 0.25) is 0 Å². The van der Waals surface area contributed by atoms with E-state index in [2.05, 4.69) is 9.88 Å². The molecule has 2 aromatic heterocycles. The number of nitrogens with zero attached hydrogens (tertiary/aromatic N) is 5. The van der Waals surface area contributed by atoms with Crippen molar-refractivity contribution in [2.45, 2.75) is 52.5 Å². The summed E-state index contributed by atoms with van der Waals surface area (Å²) in [4.78, 5) is 50.6. The first-order valence-corrected chi connectivity index (χ1v) is 12.6. The van der Waals surface area contributed by atoms with E-state index in [0.29, 0.717) is 39.3 Å². The zero-order valence-corrected chi connectivity index (χ0v) is 20.0. The number of amides is 2. The van der Waals surface area contributed by atoms with Gasteiger partial charge in [-0.3, -0.25) is 23.9 Å². The summed E-state index contributed by atoms with van der Waals surface area (Å²) in [5.74, 6) is 0.201. The van der Waals surface area contributed by atoms with Crippen LogP contribution in [-0.2, 0) is 29.0 Å². The van der Waals surface area contributed by atoms with Gasteiger partial charge in [-0.15, -0.1) is 11.3 Å². The van der Waals surface area contributed by atoms with Crippen LogP contribution in [0.25, 0.3) is 10.2 Å². The molecule has 4 rings (SSSR count). The minimum Gasteiger partial charge on any atom is -0.342 e. The molecule has 9 heteroatoms. The number of hydrogen-bond acceptors (Lipinski definition) is 6. The van der Waals surface area contributed by atoms with Gasteiger partial charge in [0.1, 0.15) is 4.83 Å². The molecule has 0 spiro atoms. The van der Waals surface area contributed by atoms with E-state index in [-0.39, 0.29) is 23.8 Å². The summed E-state index contributed by atoms with van der Waals surface area (Å²) in [7, 11) is 0. The quantitative estimate of drug-likeness (QED) is 0.630. The number of aromatic nitrogens is 2. The highest BCUT2D eigenvalue weighted by Gasteiger charge is 2.24. The molecule has 2 amide bonds. The molecule has 8 nitrogen and oxygen atoms in total. The monoisotopic (exact) mass is 459 g/mol. The summed E-state index contributed by atoms with van der Waals surface area (Å²) in [6, 6.07) is 0. The molecule has 0 aromatic carbocycles. The van der Waals surface area contributed by atoms with Gasteiger partial charge in [0.15, 0.2) is 0 Å². The lowest BCUT2D eigenvalue weighted by atomic mass is 9.97. The van der Waals surface area contributed by atoms with Gasteiger partial charge in [-0.1, -0.05) is 0 Å². The molecule has 0 atom stereocenters. The molecule has 3 heterocycles. The van der Waals surface area contributed by atoms with E-state index < -0.39 is 0 Å². The topological polar surface area (TPSA) is 78.8 Å². The standard InChI is InChI=1S/C23H33N5O3S/c1-3-26(4-2)20(30)15-25-11-13-27(14-12-25)19(29)9-10-28-16-24-22-21(23(28)31)17-7-5-6-8-18(17)32-22/h16H,3-15H2,1-2H3. The highest BCUT2D eigenvalue weighted by Crippen LogP contribution is 2.33. The van der Waals surface area contributed by atoms with E-state index in [4.69, 9.17) is 0 Å². The van der Waals surface area contributed by atoms with E-state index in [1.54, 1.807) is 22.2 Å². The van der Waals surface area contributed by atoms with Crippen LogP contribution in [-0.4, -0.2) is 81.9 Å². The van der Waals surface area contributed by atoms with E-state index in [0.717, 1.165) is 42.6 Å². The third-order valence-corrected chi connectivity index (χ3v) is 7.91. The number of likely N-dealkylation sites (N-methyl/N-ethyl adjacent to an activating group) is 1. The first kappa shape index (κ1) is 22.9. The number of rotatable bonds is 7. The van der Waals surface area contributed by atoms with Crippen LogP contribution < -0.4 is 5.56 Å². The smallest absolute Gasteiger partial charge is 0.262 e. The second kappa shape index (κ2) is 10.1. The first-order chi connectivity index (χ1) is 15.5. The Bertz CT molecular complexity index is 1030. The third kappa shape index (κ3) is 4.73. The van der Waals surface area contributed by atoms with Crippen LogP contribution >= 0.6 is 11.3 Å². The average Bonchev–Trinajstić information content (AvgIpc) is 3.19. The Balaban J connectivity index is 1.32. The maximum atomic E-state index is 13.1. The van der Waals surface area contributed by atoms with Crippen LogP contribution in [0, 0.1) is 0 Å². The molecule has 0 unspecified atom stereocenters. The number of carbonyl (C=O) groups is 2. The van der Waals surface area contributed by atoms with Crippen LogP contribution in [0.1, 0.15) is 43.6 Å². The lowest BCUT2D eigenvalue weighted by Gasteiger charge is -2.35. The molecule has 1 fully saturated rings. The number of hydrogen-bond donors (Lipinski definition) is 0. The van der Waals surface area contributed by atoms with Gasteiger partial charge < -0.3 is 9.80 Å². The average molecular weight is 460 g/mol. The Kier molecular flexibility index (Phi) is 7.25. The van der Waals surface area contributed by atoms with E-state index >= 15 is 0 Å². The van der Waals surface area contributed by atoms with E-state index in [1.807, 2.05) is 23.6 Å². The van der Waals surface area contributed by atoms with Gasteiger partial charge in [0.2, 0.25) is 11.8 Å². The molecular formula is C23H33N5O3S. The predicted molar refractivity (Wildman–Crippen MR) is 126 cm³/mol. The van der Waals surface area contributed by atoms with Crippen LogP contribution in [0.4, 0.5) is 0 Å². The van der Waals surface area contributed by atoms with Gasteiger partial charge in [0.25, 0.3) is 5.56 Å². The highest BCUT2D eigenvalue weighted by atomic mass is 32.1. The molecule has 1 aliphatic carbocycles. The second-order valence-corrected chi connectivity index (χ2v) is 9.69. The summed E-state index contributed by atoms with van der Waals surface area (Å²) in [5, 5.41) is 0.770. The zero-order chi connectivity index (χ0) is 22.7. The van der Waals surface area contributed by atoms with Gasteiger partial charge in [0, 0.05) is 57.1 Å². The molecule has 32 heavy (non-hydrogen) atoms. The molecule has 0 N–H and O–H groups in total. The van der Waals surface area contributed by atoms with Crippen molar-refractivity contribution in [2.24, 2.45) is 0 Å². The number of piperazine rings is 1. The highest BCUT2D eigenvalue weighted by molar-refractivity contribution is 7.18. The van der Waals surface area contributed by atoms with Crippen LogP contribution in [0.3, 0.4) is 0 Å².